The van der Waals surface area contributed by atoms with Crippen molar-refractivity contribution in [1.29, 1.82) is 0 Å². The van der Waals surface area contributed by atoms with Gasteiger partial charge in [0, 0.05) is 37.7 Å². The molecule has 1 aliphatic heterocycles. The van der Waals surface area contributed by atoms with Crippen LogP contribution in [0.15, 0.2) is 0 Å². The number of sulfone groups is 1. The van der Waals surface area contributed by atoms with E-state index in [2.05, 4.69) is 23.9 Å². The van der Waals surface area contributed by atoms with E-state index >= 15 is 0 Å². The van der Waals surface area contributed by atoms with E-state index in [9.17, 15) is 13.5 Å². The molecule has 2 unspecified atom stereocenters. The summed E-state index contributed by atoms with van der Waals surface area (Å²) in [6, 6.07) is 0.372. The number of rotatable bonds is 6. The van der Waals surface area contributed by atoms with Crippen molar-refractivity contribution in [3.05, 3.63) is 0 Å². The van der Waals surface area contributed by atoms with Crippen LogP contribution in [0.5, 0.6) is 0 Å². The summed E-state index contributed by atoms with van der Waals surface area (Å²) in [6.07, 6.45) is 2.69. The van der Waals surface area contributed by atoms with Gasteiger partial charge in [0.15, 0.2) is 0 Å². The van der Waals surface area contributed by atoms with E-state index in [0.29, 0.717) is 18.9 Å². The van der Waals surface area contributed by atoms with Crippen LogP contribution in [0.3, 0.4) is 0 Å². The summed E-state index contributed by atoms with van der Waals surface area (Å²) in [6.45, 7) is 3.06. The molecule has 0 amide bonds. The maximum absolute atomic E-state index is 11.0. The molecule has 18 heavy (non-hydrogen) atoms. The van der Waals surface area contributed by atoms with Crippen LogP contribution in [0.1, 0.15) is 19.3 Å². The van der Waals surface area contributed by atoms with Crippen molar-refractivity contribution in [2.24, 2.45) is 0 Å². The van der Waals surface area contributed by atoms with Gasteiger partial charge >= 0.3 is 0 Å². The molecule has 1 rings (SSSR count). The van der Waals surface area contributed by atoms with Crippen molar-refractivity contribution < 1.29 is 13.5 Å². The van der Waals surface area contributed by atoms with Gasteiger partial charge in [-0.05, 0) is 33.4 Å². The van der Waals surface area contributed by atoms with Crippen molar-refractivity contribution >= 4 is 9.84 Å². The molecular weight excluding hydrogens is 252 g/mol. The fraction of sp³-hybridized carbons (Fsp3) is 1.00. The average molecular weight is 278 g/mol. The lowest BCUT2D eigenvalue weighted by Crippen LogP contribution is -2.51. The van der Waals surface area contributed by atoms with E-state index in [1.165, 1.54) is 6.26 Å². The van der Waals surface area contributed by atoms with Crippen LogP contribution in [-0.4, -0.2) is 81.2 Å². The second-order valence-corrected chi connectivity index (χ2v) is 7.82. The van der Waals surface area contributed by atoms with Gasteiger partial charge in [-0.25, -0.2) is 8.42 Å². The first-order valence-electron chi connectivity index (χ1n) is 6.52. The lowest BCUT2D eigenvalue weighted by atomic mass is 10.0. The summed E-state index contributed by atoms with van der Waals surface area (Å²) in [5.41, 5.74) is 0. The first-order chi connectivity index (χ1) is 8.28. The van der Waals surface area contributed by atoms with Gasteiger partial charge in [-0.3, -0.25) is 0 Å². The van der Waals surface area contributed by atoms with E-state index in [-0.39, 0.29) is 5.75 Å². The van der Waals surface area contributed by atoms with Crippen molar-refractivity contribution in [2.45, 2.75) is 31.4 Å². The predicted molar refractivity (Wildman–Crippen MR) is 73.5 cm³/mol. The monoisotopic (exact) mass is 278 g/mol. The third-order valence-corrected chi connectivity index (χ3v) is 4.61. The maximum atomic E-state index is 11.0. The number of nitrogens with zero attached hydrogens (tertiary/aromatic N) is 2. The second-order valence-electron chi connectivity index (χ2n) is 5.56. The molecule has 5 nitrogen and oxygen atoms in total. The van der Waals surface area contributed by atoms with E-state index in [4.69, 9.17) is 0 Å². The summed E-state index contributed by atoms with van der Waals surface area (Å²) in [5, 5.41) is 9.96. The second kappa shape index (κ2) is 6.84. The number of aliphatic hydroxyl groups is 1. The summed E-state index contributed by atoms with van der Waals surface area (Å²) >= 11 is 0. The molecule has 0 aromatic heterocycles. The number of aliphatic hydroxyl groups excluding tert-OH is 1. The van der Waals surface area contributed by atoms with Crippen LogP contribution < -0.4 is 0 Å². The molecule has 1 saturated heterocycles. The Balaban J connectivity index is 2.28. The Morgan fingerprint density at radius 3 is 2.61 bits per heavy atom. The quantitative estimate of drug-likeness (QED) is 0.729. The maximum Gasteiger partial charge on any atom is 0.147 e. The lowest BCUT2D eigenvalue weighted by Gasteiger charge is -2.38. The Kier molecular flexibility index (Phi) is 6.04. The molecule has 1 N–H and O–H groups in total. The molecule has 0 aliphatic carbocycles. The van der Waals surface area contributed by atoms with Crippen molar-refractivity contribution in [2.75, 3.05) is 45.7 Å². The molecule has 0 aromatic carbocycles. The molecule has 0 saturated carbocycles. The van der Waals surface area contributed by atoms with Gasteiger partial charge in [0.25, 0.3) is 0 Å². The summed E-state index contributed by atoms with van der Waals surface area (Å²) < 4.78 is 22.0. The molecule has 6 heteroatoms. The van der Waals surface area contributed by atoms with Crippen LogP contribution in [-0.2, 0) is 9.84 Å². The summed E-state index contributed by atoms with van der Waals surface area (Å²) in [5.74, 6) is 0.171. The molecule has 2 atom stereocenters. The molecule has 1 heterocycles. The smallest absolute Gasteiger partial charge is 0.147 e. The lowest BCUT2D eigenvalue weighted by molar-refractivity contribution is 0.0603. The molecule has 0 spiro atoms. The summed E-state index contributed by atoms with van der Waals surface area (Å²) in [4.78, 5) is 4.55. The van der Waals surface area contributed by atoms with Gasteiger partial charge in [-0.1, -0.05) is 0 Å². The molecule has 0 bridgehead atoms. The zero-order valence-electron chi connectivity index (χ0n) is 11.7. The van der Waals surface area contributed by atoms with Crippen LogP contribution in [0.2, 0.25) is 0 Å². The predicted octanol–water partition coefficient (Wildman–Crippen LogP) is -0.192. The normalized spacial score (nSPS) is 25.2. The Hall–Kier alpha value is -0.170. The van der Waals surface area contributed by atoms with Gasteiger partial charge in [0.05, 0.1) is 6.10 Å². The first-order valence-corrected chi connectivity index (χ1v) is 8.58. The molecule has 1 fully saturated rings. The highest BCUT2D eigenvalue weighted by Gasteiger charge is 2.24. The average Bonchev–Trinajstić information content (AvgIpc) is 2.21. The summed E-state index contributed by atoms with van der Waals surface area (Å²) in [7, 11) is 1.28. The van der Waals surface area contributed by atoms with E-state index < -0.39 is 15.9 Å². The van der Waals surface area contributed by atoms with Crippen LogP contribution in [0.25, 0.3) is 0 Å². The molecular formula is C12H26N2O3S. The van der Waals surface area contributed by atoms with Gasteiger partial charge < -0.3 is 14.9 Å². The zero-order valence-corrected chi connectivity index (χ0v) is 12.5. The van der Waals surface area contributed by atoms with Gasteiger partial charge in [0.2, 0.25) is 0 Å². The standard InChI is InChI=1S/C12H26N2O3S/c1-13-6-7-14(2)11(10-13)9-12(15)5-4-8-18(3,16)17/h11-12,15H,4-10H2,1-3H3. The highest BCUT2D eigenvalue weighted by Crippen LogP contribution is 2.14. The number of hydrogen-bond acceptors (Lipinski definition) is 5. The minimum absolute atomic E-state index is 0.171. The minimum Gasteiger partial charge on any atom is -0.393 e. The van der Waals surface area contributed by atoms with Crippen molar-refractivity contribution in [3.8, 4) is 0 Å². The van der Waals surface area contributed by atoms with Gasteiger partial charge in [0.1, 0.15) is 9.84 Å². The SMILES string of the molecule is CN1CCN(C)C(CC(O)CCCS(C)(=O)=O)C1. The van der Waals surface area contributed by atoms with Crippen LogP contribution in [0, 0.1) is 0 Å². The molecule has 108 valence electrons. The molecule has 1 aliphatic rings. The highest BCUT2D eigenvalue weighted by molar-refractivity contribution is 7.90. The molecule has 0 aromatic rings. The first kappa shape index (κ1) is 15.9. The topological polar surface area (TPSA) is 60.9 Å². The Bertz CT molecular complexity index is 345. The van der Waals surface area contributed by atoms with E-state index in [1.807, 2.05) is 0 Å². The third kappa shape index (κ3) is 6.13. The number of likely N-dealkylation sites (N-methyl/N-ethyl adjacent to an activating group) is 2. The van der Waals surface area contributed by atoms with Crippen molar-refractivity contribution in [1.82, 2.24) is 9.80 Å². The molecule has 0 radical (unpaired) electrons. The van der Waals surface area contributed by atoms with E-state index in [1.54, 1.807) is 0 Å². The van der Waals surface area contributed by atoms with Crippen molar-refractivity contribution in [3.63, 3.8) is 0 Å². The minimum atomic E-state index is -2.90. The Morgan fingerprint density at radius 2 is 2.00 bits per heavy atom. The Labute approximate surface area is 111 Å². The highest BCUT2D eigenvalue weighted by atomic mass is 32.2. The largest absolute Gasteiger partial charge is 0.393 e. The van der Waals surface area contributed by atoms with Crippen LogP contribution in [0.4, 0.5) is 0 Å². The zero-order chi connectivity index (χ0) is 13.8. The fourth-order valence-electron chi connectivity index (χ4n) is 2.37. The van der Waals surface area contributed by atoms with Gasteiger partial charge in [-0.2, -0.15) is 0 Å². The van der Waals surface area contributed by atoms with E-state index in [0.717, 1.165) is 26.1 Å². The number of hydrogen-bond donors (Lipinski definition) is 1. The van der Waals surface area contributed by atoms with Gasteiger partial charge in [-0.15, -0.1) is 0 Å². The van der Waals surface area contributed by atoms with Crippen LogP contribution >= 0.6 is 0 Å². The number of piperazine rings is 1. The third-order valence-electron chi connectivity index (χ3n) is 3.58. The Morgan fingerprint density at radius 1 is 1.33 bits per heavy atom. The fourth-order valence-corrected chi connectivity index (χ4v) is 3.06.